The molecule has 102 valence electrons. The van der Waals surface area contributed by atoms with Gasteiger partial charge in [0.15, 0.2) is 0 Å². The lowest BCUT2D eigenvalue weighted by Crippen LogP contribution is -2.40. The van der Waals surface area contributed by atoms with Crippen LogP contribution in [0.4, 0.5) is 0 Å². The molecule has 2 atom stereocenters. The number of aliphatic hydroxyl groups is 1. The number of rotatable bonds is 7. The molecule has 0 spiro atoms. The quantitative estimate of drug-likeness (QED) is 0.718. The van der Waals surface area contributed by atoms with Crippen molar-refractivity contribution in [3.05, 3.63) is 0 Å². The zero-order chi connectivity index (χ0) is 12.7. The van der Waals surface area contributed by atoms with E-state index in [0.717, 1.165) is 12.6 Å². The first-order valence-electron chi connectivity index (χ1n) is 6.69. The normalized spacial score (nSPS) is 24.2. The minimum absolute atomic E-state index is 0.367. The zero-order valence-electron chi connectivity index (χ0n) is 11.6. The highest BCUT2D eigenvalue weighted by Gasteiger charge is 2.19. The van der Waals surface area contributed by atoms with Crippen molar-refractivity contribution in [2.75, 3.05) is 47.4 Å². The van der Waals surface area contributed by atoms with Crippen LogP contribution in [0.15, 0.2) is 0 Å². The molecule has 4 nitrogen and oxygen atoms in total. The highest BCUT2D eigenvalue weighted by Crippen LogP contribution is 2.17. The Morgan fingerprint density at radius 3 is 2.88 bits per heavy atom. The molecule has 2 unspecified atom stereocenters. The van der Waals surface area contributed by atoms with E-state index >= 15 is 0 Å². The van der Waals surface area contributed by atoms with Gasteiger partial charge < -0.3 is 19.6 Å². The molecular formula is C13H28N2O2. The summed E-state index contributed by atoms with van der Waals surface area (Å²) in [5.74, 6) is 0. The van der Waals surface area contributed by atoms with Crippen molar-refractivity contribution in [1.29, 1.82) is 0 Å². The zero-order valence-corrected chi connectivity index (χ0v) is 11.6. The number of piperidine rings is 1. The van der Waals surface area contributed by atoms with Crippen molar-refractivity contribution in [2.45, 2.75) is 37.8 Å². The van der Waals surface area contributed by atoms with Gasteiger partial charge in [0.1, 0.15) is 0 Å². The summed E-state index contributed by atoms with van der Waals surface area (Å²) in [5, 5.41) is 9.63. The van der Waals surface area contributed by atoms with Crippen molar-refractivity contribution < 1.29 is 9.84 Å². The monoisotopic (exact) mass is 244 g/mol. The third-order valence-corrected chi connectivity index (χ3v) is 3.65. The molecule has 0 amide bonds. The van der Waals surface area contributed by atoms with Crippen molar-refractivity contribution in [3.8, 4) is 0 Å². The van der Waals surface area contributed by atoms with E-state index in [1.54, 1.807) is 7.11 Å². The van der Waals surface area contributed by atoms with Crippen LogP contribution in [0, 0.1) is 0 Å². The fourth-order valence-corrected chi connectivity index (χ4v) is 2.57. The van der Waals surface area contributed by atoms with E-state index in [1.165, 1.54) is 32.2 Å². The molecular weight excluding hydrogens is 216 g/mol. The number of hydrogen-bond donors (Lipinski definition) is 1. The largest absolute Gasteiger partial charge is 0.389 e. The van der Waals surface area contributed by atoms with Crippen LogP contribution in [0.2, 0.25) is 0 Å². The summed E-state index contributed by atoms with van der Waals surface area (Å²) < 4.78 is 4.93. The molecule has 1 aliphatic rings. The van der Waals surface area contributed by atoms with E-state index < -0.39 is 0 Å². The first-order chi connectivity index (χ1) is 8.13. The van der Waals surface area contributed by atoms with Crippen LogP contribution < -0.4 is 0 Å². The van der Waals surface area contributed by atoms with Gasteiger partial charge in [0.25, 0.3) is 0 Å². The summed E-state index contributed by atoms with van der Waals surface area (Å²) >= 11 is 0. The Bertz CT molecular complexity index is 202. The number of ether oxygens (including phenoxy) is 1. The summed E-state index contributed by atoms with van der Waals surface area (Å²) in [6, 6.07) is 0.728. The first-order valence-corrected chi connectivity index (χ1v) is 6.69. The fraction of sp³-hybridized carbons (Fsp3) is 1.00. The van der Waals surface area contributed by atoms with E-state index in [4.69, 9.17) is 4.74 Å². The molecule has 1 rings (SSSR count). The molecule has 1 fully saturated rings. The Kier molecular flexibility index (Phi) is 7.04. The second-order valence-electron chi connectivity index (χ2n) is 5.29. The predicted octanol–water partition coefficient (Wildman–Crippen LogP) is 0.800. The SMILES string of the molecule is COCC(O)CN(C)CCC1CCCCN1C. The topological polar surface area (TPSA) is 35.9 Å². The van der Waals surface area contributed by atoms with Crippen molar-refractivity contribution in [2.24, 2.45) is 0 Å². The van der Waals surface area contributed by atoms with Crippen LogP contribution in [0.5, 0.6) is 0 Å². The third kappa shape index (κ3) is 5.82. The Hall–Kier alpha value is -0.160. The minimum atomic E-state index is -0.367. The summed E-state index contributed by atoms with van der Waals surface area (Å²) in [6.45, 7) is 3.41. The summed E-state index contributed by atoms with van der Waals surface area (Å²) in [5.41, 5.74) is 0. The maximum absolute atomic E-state index is 9.63. The van der Waals surface area contributed by atoms with Crippen LogP contribution in [0.25, 0.3) is 0 Å². The van der Waals surface area contributed by atoms with Crippen LogP contribution in [0.1, 0.15) is 25.7 Å². The van der Waals surface area contributed by atoms with E-state index in [-0.39, 0.29) is 6.10 Å². The Morgan fingerprint density at radius 2 is 2.24 bits per heavy atom. The van der Waals surface area contributed by atoms with E-state index in [0.29, 0.717) is 13.2 Å². The van der Waals surface area contributed by atoms with Crippen molar-refractivity contribution in [1.82, 2.24) is 9.80 Å². The highest BCUT2D eigenvalue weighted by molar-refractivity contribution is 4.75. The van der Waals surface area contributed by atoms with Gasteiger partial charge in [-0.25, -0.2) is 0 Å². The van der Waals surface area contributed by atoms with Crippen LogP contribution in [0.3, 0.4) is 0 Å². The minimum Gasteiger partial charge on any atom is -0.389 e. The van der Waals surface area contributed by atoms with Gasteiger partial charge in [-0.2, -0.15) is 0 Å². The number of likely N-dealkylation sites (tertiary alicyclic amines) is 1. The first kappa shape index (κ1) is 14.9. The predicted molar refractivity (Wildman–Crippen MR) is 70.3 cm³/mol. The van der Waals surface area contributed by atoms with Crippen LogP contribution >= 0.6 is 0 Å². The lowest BCUT2D eigenvalue weighted by Gasteiger charge is -2.33. The average Bonchev–Trinajstić information content (AvgIpc) is 2.28. The second-order valence-corrected chi connectivity index (χ2v) is 5.29. The van der Waals surface area contributed by atoms with Gasteiger partial charge in [-0.15, -0.1) is 0 Å². The lowest BCUT2D eigenvalue weighted by atomic mass is 10.00. The van der Waals surface area contributed by atoms with Gasteiger partial charge in [-0.3, -0.25) is 0 Å². The van der Waals surface area contributed by atoms with E-state index in [9.17, 15) is 5.11 Å². The molecule has 0 aliphatic carbocycles. The van der Waals surface area contributed by atoms with Gasteiger partial charge in [0.05, 0.1) is 12.7 Å². The molecule has 1 saturated heterocycles. The van der Waals surface area contributed by atoms with Gasteiger partial charge >= 0.3 is 0 Å². The van der Waals surface area contributed by atoms with Crippen molar-refractivity contribution in [3.63, 3.8) is 0 Å². The highest BCUT2D eigenvalue weighted by atomic mass is 16.5. The molecule has 1 N–H and O–H groups in total. The Labute approximate surface area is 106 Å². The standard InChI is InChI=1S/C13H28N2O2/c1-14(10-13(16)11-17-3)9-7-12-6-4-5-8-15(12)2/h12-13,16H,4-11H2,1-3H3. The Balaban J connectivity index is 2.15. The maximum atomic E-state index is 9.63. The average molecular weight is 244 g/mol. The third-order valence-electron chi connectivity index (χ3n) is 3.65. The van der Waals surface area contributed by atoms with Crippen LogP contribution in [-0.2, 0) is 4.74 Å². The molecule has 0 aromatic carbocycles. The number of nitrogens with zero attached hydrogens (tertiary/aromatic N) is 2. The molecule has 0 aromatic rings. The maximum Gasteiger partial charge on any atom is 0.0899 e. The van der Waals surface area contributed by atoms with Crippen LogP contribution in [-0.4, -0.2) is 74.5 Å². The molecule has 0 saturated carbocycles. The fourth-order valence-electron chi connectivity index (χ4n) is 2.57. The van der Waals surface area contributed by atoms with Gasteiger partial charge in [0.2, 0.25) is 0 Å². The van der Waals surface area contributed by atoms with E-state index in [1.807, 2.05) is 0 Å². The molecule has 17 heavy (non-hydrogen) atoms. The van der Waals surface area contributed by atoms with Gasteiger partial charge in [-0.05, 0) is 46.4 Å². The lowest BCUT2D eigenvalue weighted by molar-refractivity contribution is 0.0409. The number of hydrogen-bond acceptors (Lipinski definition) is 4. The molecule has 4 heteroatoms. The molecule has 0 aromatic heterocycles. The number of likely N-dealkylation sites (N-methyl/N-ethyl adjacent to an activating group) is 1. The van der Waals surface area contributed by atoms with Gasteiger partial charge in [0, 0.05) is 19.7 Å². The van der Waals surface area contributed by atoms with Gasteiger partial charge in [-0.1, -0.05) is 6.42 Å². The smallest absolute Gasteiger partial charge is 0.0899 e. The van der Waals surface area contributed by atoms with Crippen molar-refractivity contribution >= 4 is 0 Å². The number of aliphatic hydroxyl groups excluding tert-OH is 1. The summed E-state index contributed by atoms with van der Waals surface area (Å²) in [6.07, 6.45) is 4.87. The molecule has 1 aliphatic heterocycles. The Morgan fingerprint density at radius 1 is 1.47 bits per heavy atom. The summed E-state index contributed by atoms with van der Waals surface area (Å²) in [4.78, 5) is 4.68. The number of methoxy groups -OCH3 is 1. The summed E-state index contributed by atoms with van der Waals surface area (Å²) in [7, 11) is 5.92. The molecule has 1 heterocycles. The second kappa shape index (κ2) is 8.03. The molecule has 0 bridgehead atoms. The molecule has 0 radical (unpaired) electrons. The van der Waals surface area contributed by atoms with E-state index in [2.05, 4.69) is 23.9 Å².